The van der Waals surface area contributed by atoms with E-state index in [-0.39, 0.29) is 10.8 Å². The van der Waals surface area contributed by atoms with Crippen molar-refractivity contribution in [3.63, 3.8) is 0 Å². The standard InChI is InChI=1S/C19H15Cl2F2N3O2/c1-9(26(2)19(28)25-12-6-10(20)5-11(21)7-12)14-8-24-18(27)16-13(14)3-4-15(22)17(16)23/h3-9H,1-2H3,(H,24,27)(H,25,28)/t9-/m1/s1. The third-order valence-corrected chi connectivity index (χ3v) is 4.89. The number of urea groups is 1. The van der Waals surface area contributed by atoms with Crippen LogP contribution in [0.2, 0.25) is 10.0 Å². The van der Waals surface area contributed by atoms with Crippen LogP contribution < -0.4 is 10.9 Å². The van der Waals surface area contributed by atoms with E-state index in [1.807, 2.05) is 0 Å². The van der Waals surface area contributed by atoms with Gasteiger partial charge in [0.1, 0.15) is 0 Å². The van der Waals surface area contributed by atoms with Crippen molar-refractivity contribution in [2.24, 2.45) is 0 Å². The third-order valence-electron chi connectivity index (χ3n) is 4.46. The molecule has 0 bridgehead atoms. The molecule has 0 aliphatic heterocycles. The Bertz CT molecular complexity index is 1110. The summed E-state index contributed by atoms with van der Waals surface area (Å²) >= 11 is 11.9. The normalized spacial score (nSPS) is 12.1. The summed E-state index contributed by atoms with van der Waals surface area (Å²) in [6.45, 7) is 1.69. The Labute approximate surface area is 168 Å². The van der Waals surface area contributed by atoms with Gasteiger partial charge in [-0.3, -0.25) is 4.79 Å². The van der Waals surface area contributed by atoms with Gasteiger partial charge in [0.15, 0.2) is 11.6 Å². The van der Waals surface area contributed by atoms with Crippen LogP contribution in [0.3, 0.4) is 0 Å². The fourth-order valence-corrected chi connectivity index (χ4v) is 3.40. The molecular weight excluding hydrogens is 411 g/mol. The van der Waals surface area contributed by atoms with Crippen molar-refractivity contribution in [3.05, 3.63) is 74.1 Å². The number of amides is 2. The summed E-state index contributed by atoms with van der Waals surface area (Å²) in [7, 11) is 1.53. The number of halogens is 4. The number of rotatable bonds is 3. The van der Waals surface area contributed by atoms with E-state index < -0.39 is 29.3 Å². The Morgan fingerprint density at radius 1 is 1.18 bits per heavy atom. The van der Waals surface area contributed by atoms with E-state index in [9.17, 15) is 18.4 Å². The molecule has 2 amide bonds. The minimum atomic E-state index is -1.23. The molecule has 0 unspecified atom stereocenters. The van der Waals surface area contributed by atoms with Crippen molar-refractivity contribution in [1.82, 2.24) is 9.88 Å². The summed E-state index contributed by atoms with van der Waals surface area (Å²) in [5.41, 5.74) is 0.111. The van der Waals surface area contributed by atoms with Crippen molar-refractivity contribution in [2.75, 3.05) is 12.4 Å². The van der Waals surface area contributed by atoms with Crippen LogP contribution in [0.5, 0.6) is 0 Å². The monoisotopic (exact) mass is 425 g/mol. The average molecular weight is 426 g/mol. The van der Waals surface area contributed by atoms with Crippen LogP contribution in [0.4, 0.5) is 19.3 Å². The molecule has 0 saturated heterocycles. The van der Waals surface area contributed by atoms with Gasteiger partial charge >= 0.3 is 6.03 Å². The quantitative estimate of drug-likeness (QED) is 0.594. The highest BCUT2D eigenvalue weighted by Crippen LogP contribution is 2.28. The maximum atomic E-state index is 14.1. The zero-order valence-corrected chi connectivity index (χ0v) is 16.3. The fourth-order valence-electron chi connectivity index (χ4n) is 2.87. The fraction of sp³-hybridized carbons (Fsp3) is 0.158. The molecule has 9 heteroatoms. The number of hydrogen-bond acceptors (Lipinski definition) is 2. The highest BCUT2D eigenvalue weighted by atomic mass is 35.5. The first-order valence-corrected chi connectivity index (χ1v) is 8.94. The summed E-state index contributed by atoms with van der Waals surface area (Å²) < 4.78 is 27.6. The first kappa shape index (κ1) is 20.1. The second kappa shape index (κ2) is 7.77. The van der Waals surface area contributed by atoms with Gasteiger partial charge in [0.05, 0.1) is 11.4 Å². The smallest absolute Gasteiger partial charge is 0.322 e. The first-order valence-electron chi connectivity index (χ1n) is 8.18. The lowest BCUT2D eigenvalue weighted by Crippen LogP contribution is -2.34. The average Bonchev–Trinajstić information content (AvgIpc) is 2.62. The second-order valence-electron chi connectivity index (χ2n) is 6.23. The van der Waals surface area contributed by atoms with Gasteiger partial charge in [0, 0.05) is 29.0 Å². The highest BCUT2D eigenvalue weighted by molar-refractivity contribution is 6.35. The van der Waals surface area contributed by atoms with Crippen LogP contribution in [0.15, 0.2) is 41.3 Å². The van der Waals surface area contributed by atoms with Crippen LogP contribution >= 0.6 is 23.2 Å². The van der Waals surface area contributed by atoms with Gasteiger partial charge in [-0.05, 0) is 42.1 Å². The molecule has 2 aromatic carbocycles. The van der Waals surface area contributed by atoms with Crippen molar-refractivity contribution in [3.8, 4) is 0 Å². The number of aromatic nitrogens is 1. The van der Waals surface area contributed by atoms with Crippen molar-refractivity contribution >= 4 is 45.7 Å². The lowest BCUT2D eigenvalue weighted by atomic mass is 10.0. The number of carbonyl (C=O) groups is 1. The molecule has 1 heterocycles. The molecule has 3 aromatic rings. The van der Waals surface area contributed by atoms with E-state index >= 15 is 0 Å². The zero-order valence-electron chi connectivity index (χ0n) is 14.8. The highest BCUT2D eigenvalue weighted by Gasteiger charge is 2.22. The Kier molecular flexibility index (Phi) is 5.58. The molecule has 1 atom stereocenters. The number of benzene rings is 2. The predicted octanol–water partition coefficient (Wildman–Crippen LogP) is 5.34. The van der Waals surface area contributed by atoms with Crippen molar-refractivity contribution in [1.29, 1.82) is 0 Å². The predicted molar refractivity (Wildman–Crippen MR) is 106 cm³/mol. The van der Waals surface area contributed by atoms with Gasteiger partial charge in [-0.15, -0.1) is 0 Å². The van der Waals surface area contributed by atoms with Crippen molar-refractivity contribution in [2.45, 2.75) is 13.0 Å². The van der Waals surface area contributed by atoms with E-state index in [1.165, 1.54) is 42.4 Å². The van der Waals surface area contributed by atoms with Gasteiger partial charge in [-0.1, -0.05) is 29.3 Å². The van der Waals surface area contributed by atoms with E-state index in [4.69, 9.17) is 23.2 Å². The van der Waals surface area contributed by atoms with Crippen LogP contribution in [0.25, 0.3) is 10.8 Å². The molecule has 0 aliphatic rings. The molecule has 0 radical (unpaired) electrons. The molecule has 28 heavy (non-hydrogen) atoms. The SMILES string of the molecule is C[C@H](c1c[nH]c(=O)c2c(F)c(F)ccc12)N(C)C(=O)Nc1cc(Cl)cc(Cl)c1. The number of fused-ring (bicyclic) bond motifs is 1. The maximum absolute atomic E-state index is 14.1. The Morgan fingerprint density at radius 3 is 2.46 bits per heavy atom. The molecule has 0 fully saturated rings. The van der Waals surface area contributed by atoms with Gasteiger partial charge < -0.3 is 15.2 Å². The number of H-pyrrole nitrogens is 1. The number of carbonyl (C=O) groups excluding carboxylic acids is 1. The summed E-state index contributed by atoms with van der Waals surface area (Å²) in [5, 5.41) is 3.23. The summed E-state index contributed by atoms with van der Waals surface area (Å²) in [6, 6.07) is 5.82. The van der Waals surface area contributed by atoms with Gasteiger partial charge in [-0.25, -0.2) is 13.6 Å². The zero-order chi connectivity index (χ0) is 20.6. The largest absolute Gasteiger partial charge is 0.328 e. The second-order valence-corrected chi connectivity index (χ2v) is 7.11. The van der Waals surface area contributed by atoms with Crippen LogP contribution in [-0.4, -0.2) is 23.0 Å². The van der Waals surface area contributed by atoms with Gasteiger partial charge in [0.25, 0.3) is 5.56 Å². The number of pyridine rings is 1. The summed E-state index contributed by atoms with van der Waals surface area (Å²) in [6.07, 6.45) is 1.38. The number of hydrogen-bond donors (Lipinski definition) is 2. The molecular formula is C19H15Cl2F2N3O2. The van der Waals surface area contributed by atoms with Crippen LogP contribution in [0, 0.1) is 11.6 Å². The molecule has 5 nitrogen and oxygen atoms in total. The number of aromatic amines is 1. The van der Waals surface area contributed by atoms with E-state index in [0.717, 1.165) is 6.07 Å². The molecule has 0 aliphatic carbocycles. The molecule has 1 aromatic heterocycles. The summed E-state index contributed by atoms with van der Waals surface area (Å²) in [5.74, 6) is -2.35. The molecule has 0 spiro atoms. The lowest BCUT2D eigenvalue weighted by Gasteiger charge is -2.26. The molecule has 2 N–H and O–H groups in total. The molecule has 146 valence electrons. The van der Waals surface area contributed by atoms with E-state index in [1.54, 1.807) is 6.92 Å². The first-order chi connectivity index (χ1) is 13.2. The minimum absolute atomic E-state index is 0.223. The summed E-state index contributed by atoms with van der Waals surface area (Å²) in [4.78, 5) is 28.3. The van der Waals surface area contributed by atoms with Gasteiger partial charge in [-0.2, -0.15) is 0 Å². The number of anilines is 1. The minimum Gasteiger partial charge on any atom is -0.328 e. The number of nitrogens with one attached hydrogen (secondary N) is 2. The Balaban J connectivity index is 1.94. The van der Waals surface area contributed by atoms with Crippen LogP contribution in [-0.2, 0) is 0 Å². The maximum Gasteiger partial charge on any atom is 0.322 e. The third kappa shape index (κ3) is 3.81. The molecule has 0 saturated carbocycles. The van der Waals surface area contributed by atoms with Gasteiger partial charge in [0.2, 0.25) is 0 Å². The topological polar surface area (TPSA) is 65.2 Å². The van der Waals surface area contributed by atoms with Crippen LogP contribution in [0.1, 0.15) is 18.5 Å². The lowest BCUT2D eigenvalue weighted by molar-refractivity contribution is 0.208. The Morgan fingerprint density at radius 2 is 1.82 bits per heavy atom. The Hall–Kier alpha value is -2.64. The van der Waals surface area contributed by atoms with E-state index in [0.29, 0.717) is 21.3 Å². The van der Waals surface area contributed by atoms with Crippen molar-refractivity contribution < 1.29 is 13.6 Å². The number of nitrogens with zero attached hydrogens (tertiary/aromatic N) is 1. The van der Waals surface area contributed by atoms with E-state index in [2.05, 4.69) is 10.3 Å². The molecule has 3 rings (SSSR count).